The number of hydrogen-bond donors (Lipinski definition) is 0. The van der Waals surface area contributed by atoms with E-state index in [0.717, 1.165) is 22.3 Å². The van der Waals surface area contributed by atoms with Crippen molar-refractivity contribution in [2.45, 2.75) is 39.6 Å². The summed E-state index contributed by atoms with van der Waals surface area (Å²) in [6.07, 6.45) is 0.823. The number of methoxy groups -OCH3 is 3. The van der Waals surface area contributed by atoms with Gasteiger partial charge in [0, 0.05) is 17.0 Å². The van der Waals surface area contributed by atoms with Gasteiger partial charge in [-0.05, 0) is 31.1 Å². The number of carbonyl (C=O) groups is 1. The fourth-order valence-electron chi connectivity index (χ4n) is 3.95. The summed E-state index contributed by atoms with van der Waals surface area (Å²) in [5.74, 6) is 1.40. The Labute approximate surface area is 183 Å². The fraction of sp³-hybridized carbons (Fsp3) is 0.400. The Bertz CT molecular complexity index is 950. The highest BCUT2D eigenvalue weighted by Crippen LogP contribution is 2.47. The van der Waals surface area contributed by atoms with E-state index in [-0.39, 0.29) is 5.92 Å². The van der Waals surface area contributed by atoms with Crippen LogP contribution in [0.1, 0.15) is 36.6 Å². The second-order valence-electron chi connectivity index (χ2n) is 7.66. The lowest BCUT2D eigenvalue weighted by molar-refractivity contribution is -0.157. The molecule has 0 aliphatic carbocycles. The molecule has 0 aromatic heterocycles. The third-order valence-electron chi connectivity index (χ3n) is 5.54. The molecule has 3 atom stereocenters. The summed E-state index contributed by atoms with van der Waals surface area (Å²) < 4.78 is 28.8. The van der Waals surface area contributed by atoms with Crippen LogP contribution >= 0.6 is 0 Å². The zero-order valence-electron chi connectivity index (χ0n) is 18.9. The molecular formula is C25H30O6. The largest absolute Gasteiger partial charge is 0.496 e. The molecule has 2 aromatic carbocycles. The van der Waals surface area contributed by atoms with Crippen molar-refractivity contribution in [3.05, 3.63) is 64.7 Å². The number of rotatable bonds is 7. The van der Waals surface area contributed by atoms with Crippen LogP contribution in [0.15, 0.2) is 48.0 Å². The van der Waals surface area contributed by atoms with Crippen molar-refractivity contribution in [3.8, 4) is 17.2 Å². The molecule has 2 aromatic rings. The van der Waals surface area contributed by atoms with Crippen molar-refractivity contribution in [1.29, 1.82) is 0 Å². The molecule has 31 heavy (non-hydrogen) atoms. The van der Waals surface area contributed by atoms with Crippen molar-refractivity contribution < 1.29 is 28.5 Å². The lowest BCUT2D eigenvalue weighted by Gasteiger charge is -2.34. The quantitative estimate of drug-likeness (QED) is 0.469. The molecule has 0 saturated carbocycles. The van der Waals surface area contributed by atoms with Crippen molar-refractivity contribution in [2.75, 3.05) is 21.3 Å². The zero-order valence-corrected chi connectivity index (χ0v) is 18.9. The summed E-state index contributed by atoms with van der Waals surface area (Å²) in [4.78, 5) is 12.3. The Morgan fingerprint density at radius 2 is 1.74 bits per heavy atom. The second-order valence-corrected chi connectivity index (χ2v) is 7.66. The molecule has 0 amide bonds. The molecule has 0 spiro atoms. The van der Waals surface area contributed by atoms with Crippen LogP contribution in [-0.4, -0.2) is 33.4 Å². The first-order valence-corrected chi connectivity index (χ1v) is 10.2. The molecule has 6 nitrogen and oxygen atoms in total. The highest BCUT2D eigenvalue weighted by atomic mass is 16.6. The van der Waals surface area contributed by atoms with E-state index in [4.69, 9.17) is 23.7 Å². The van der Waals surface area contributed by atoms with E-state index in [2.05, 4.69) is 0 Å². The van der Waals surface area contributed by atoms with Crippen molar-refractivity contribution >= 4 is 5.97 Å². The van der Waals surface area contributed by atoms with E-state index in [9.17, 15) is 4.79 Å². The smallest absolute Gasteiger partial charge is 0.339 e. The van der Waals surface area contributed by atoms with Gasteiger partial charge in [-0.1, -0.05) is 43.3 Å². The van der Waals surface area contributed by atoms with Gasteiger partial charge in [0.05, 0.1) is 27.4 Å². The van der Waals surface area contributed by atoms with Gasteiger partial charge in [0.25, 0.3) is 0 Å². The molecule has 166 valence electrons. The number of benzene rings is 2. The van der Waals surface area contributed by atoms with Gasteiger partial charge in [0.1, 0.15) is 12.4 Å². The predicted molar refractivity (Wildman–Crippen MR) is 118 cm³/mol. The van der Waals surface area contributed by atoms with Crippen LogP contribution in [-0.2, 0) is 20.9 Å². The third-order valence-corrected chi connectivity index (χ3v) is 5.54. The Kier molecular flexibility index (Phi) is 7.23. The molecule has 0 radical (unpaired) electrons. The minimum absolute atomic E-state index is 0.00269. The van der Waals surface area contributed by atoms with E-state index in [1.807, 2.05) is 63.2 Å². The van der Waals surface area contributed by atoms with Crippen LogP contribution in [0.2, 0.25) is 0 Å². The van der Waals surface area contributed by atoms with Gasteiger partial charge in [-0.25, -0.2) is 4.79 Å². The van der Waals surface area contributed by atoms with E-state index in [1.54, 1.807) is 14.2 Å². The summed E-state index contributed by atoms with van der Waals surface area (Å²) in [7, 11) is 4.58. The Balaban J connectivity index is 2.07. The van der Waals surface area contributed by atoms with Crippen LogP contribution in [0.5, 0.6) is 17.2 Å². The maximum atomic E-state index is 12.3. The van der Waals surface area contributed by atoms with Gasteiger partial charge in [-0.2, -0.15) is 0 Å². The first-order valence-electron chi connectivity index (χ1n) is 10.2. The second kappa shape index (κ2) is 9.88. The molecule has 1 heterocycles. The molecule has 6 heteroatoms. The summed E-state index contributed by atoms with van der Waals surface area (Å²) in [5, 5.41) is 0. The minimum atomic E-state index is -0.772. The van der Waals surface area contributed by atoms with Crippen LogP contribution < -0.4 is 14.2 Å². The Morgan fingerprint density at radius 3 is 2.35 bits per heavy atom. The molecule has 1 aliphatic heterocycles. The summed E-state index contributed by atoms with van der Waals surface area (Å²) in [6, 6.07) is 11.8. The van der Waals surface area contributed by atoms with E-state index < -0.39 is 18.2 Å². The number of hydrogen-bond acceptors (Lipinski definition) is 6. The van der Waals surface area contributed by atoms with Gasteiger partial charge in [0.2, 0.25) is 0 Å². The minimum Gasteiger partial charge on any atom is -0.496 e. The van der Waals surface area contributed by atoms with E-state index >= 15 is 0 Å². The summed E-state index contributed by atoms with van der Waals surface area (Å²) in [6.45, 7) is 6.20. The normalized spacial score (nSPS) is 20.6. The van der Waals surface area contributed by atoms with Crippen LogP contribution in [0, 0.1) is 12.8 Å². The molecule has 1 aliphatic rings. The topological polar surface area (TPSA) is 63.2 Å². The number of carbonyl (C=O) groups excluding carboxylic acids is 1. The number of ether oxygens (including phenoxy) is 5. The molecular weight excluding hydrogens is 396 g/mol. The maximum absolute atomic E-state index is 12.3. The molecule has 3 rings (SSSR count). The number of esters is 1. The van der Waals surface area contributed by atoms with Gasteiger partial charge in [-0.15, -0.1) is 0 Å². The maximum Gasteiger partial charge on any atom is 0.339 e. The van der Waals surface area contributed by atoms with Gasteiger partial charge in [0.15, 0.2) is 17.6 Å². The van der Waals surface area contributed by atoms with Crippen molar-refractivity contribution in [3.63, 3.8) is 0 Å². The molecule has 0 fully saturated rings. The van der Waals surface area contributed by atoms with Crippen LogP contribution in [0.25, 0.3) is 0 Å². The fourth-order valence-corrected chi connectivity index (χ4v) is 3.95. The molecule has 0 unspecified atom stereocenters. The highest BCUT2D eigenvalue weighted by molar-refractivity contribution is 5.78. The first-order chi connectivity index (χ1) is 14.9. The van der Waals surface area contributed by atoms with Crippen molar-refractivity contribution in [2.24, 2.45) is 5.92 Å². The lowest BCUT2D eigenvalue weighted by atomic mass is 9.89. The zero-order chi connectivity index (χ0) is 22.5. The van der Waals surface area contributed by atoms with Crippen molar-refractivity contribution in [1.82, 2.24) is 0 Å². The lowest BCUT2D eigenvalue weighted by Crippen LogP contribution is -2.34. The van der Waals surface area contributed by atoms with Gasteiger partial charge < -0.3 is 23.7 Å². The standard InChI is InChI=1S/C25H30O6/c1-15-12-16(2)22(25(26)29-6)31-21(15)19-13-20(27-4)17(3)23(28-5)24(19)30-14-18-10-8-7-9-11-18/h7-13,15,21-22H,14H2,1-6H3/t15-,21-,22+/m1/s1. The van der Waals surface area contributed by atoms with Gasteiger partial charge >= 0.3 is 5.97 Å². The third kappa shape index (κ3) is 4.69. The monoisotopic (exact) mass is 426 g/mol. The summed E-state index contributed by atoms with van der Waals surface area (Å²) in [5.41, 5.74) is 3.45. The van der Waals surface area contributed by atoms with E-state index in [1.165, 1.54) is 7.11 Å². The first kappa shape index (κ1) is 22.7. The molecule has 0 bridgehead atoms. The predicted octanol–water partition coefficient (Wildman–Crippen LogP) is 4.79. The average Bonchev–Trinajstić information content (AvgIpc) is 2.78. The van der Waals surface area contributed by atoms with Crippen LogP contribution in [0.3, 0.4) is 0 Å². The van der Waals surface area contributed by atoms with Gasteiger partial charge in [-0.3, -0.25) is 0 Å². The highest BCUT2D eigenvalue weighted by Gasteiger charge is 2.36. The Morgan fingerprint density at radius 1 is 1.03 bits per heavy atom. The SMILES string of the molecule is COC(=O)[C@H]1O[C@@H](c2cc(OC)c(C)c(OC)c2OCc2ccccc2)[C@H](C)C=C1C. The Hall–Kier alpha value is -2.99. The van der Waals surface area contributed by atoms with E-state index in [0.29, 0.717) is 23.9 Å². The molecule has 0 saturated heterocycles. The molecule has 0 N–H and O–H groups in total. The van der Waals surface area contributed by atoms with Crippen LogP contribution in [0.4, 0.5) is 0 Å². The average molecular weight is 427 g/mol. The summed E-state index contributed by atoms with van der Waals surface area (Å²) >= 11 is 0.